The lowest BCUT2D eigenvalue weighted by atomic mass is 10.5. The zero-order chi connectivity index (χ0) is 7.40. The number of aryl methyl sites for hydroxylation is 1. The number of aldehydes is 1. The number of halogens is 1. The molecule has 0 saturated heterocycles. The third kappa shape index (κ3) is 1.67. The van der Waals surface area contributed by atoms with Crippen molar-refractivity contribution in [3.8, 4) is 0 Å². The molecule has 1 rings (SSSR count). The quantitative estimate of drug-likeness (QED) is 0.692. The molecule has 1 heterocycles. The molecule has 0 unspecified atom stereocenters. The average molecular weight is 203 g/mol. The molecule has 0 amide bonds. The minimum Gasteiger partial charge on any atom is -0.325 e. The van der Waals surface area contributed by atoms with Crippen molar-refractivity contribution in [2.45, 2.75) is 13.0 Å². The van der Waals surface area contributed by atoms with Gasteiger partial charge >= 0.3 is 0 Å². The number of aromatic nitrogens is 2. The zero-order valence-corrected chi connectivity index (χ0v) is 6.91. The first-order chi connectivity index (χ1) is 4.84. The van der Waals surface area contributed by atoms with E-state index in [1.54, 1.807) is 6.20 Å². The van der Waals surface area contributed by atoms with Crippen LogP contribution in [-0.2, 0) is 11.3 Å². The lowest BCUT2D eigenvalue weighted by Gasteiger charge is -1.97. The highest BCUT2D eigenvalue weighted by molar-refractivity contribution is 9.10. The zero-order valence-electron chi connectivity index (χ0n) is 5.33. The third-order valence-electron chi connectivity index (χ3n) is 1.15. The lowest BCUT2D eigenvalue weighted by molar-refractivity contribution is -0.108. The van der Waals surface area contributed by atoms with Gasteiger partial charge in [-0.15, -0.1) is 0 Å². The molecule has 0 saturated carbocycles. The Bertz CT molecular complexity index is 221. The van der Waals surface area contributed by atoms with Gasteiger partial charge in [-0.1, -0.05) is 0 Å². The molecule has 1 aromatic rings. The summed E-state index contributed by atoms with van der Waals surface area (Å²) in [6.45, 7) is 0.698. The number of rotatable bonds is 3. The maximum atomic E-state index is 9.96. The normalized spacial score (nSPS) is 9.70. The summed E-state index contributed by atoms with van der Waals surface area (Å²) in [6, 6.07) is 0. The summed E-state index contributed by atoms with van der Waals surface area (Å²) in [7, 11) is 0. The number of carbonyl (C=O) groups excluding carboxylic acids is 1. The fourth-order valence-electron chi connectivity index (χ4n) is 0.670. The molecular weight excluding hydrogens is 196 g/mol. The van der Waals surface area contributed by atoms with Crippen LogP contribution in [0.5, 0.6) is 0 Å². The molecular formula is C6H7BrN2O. The van der Waals surface area contributed by atoms with Crippen LogP contribution >= 0.6 is 15.9 Å². The average Bonchev–Trinajstić information content (AvgIpc) is 2.31. The lowest BCUT2D eigenvalue weighted by Crippen LogP contribution is -1.96. The fraction of sp³-hybridized carbons (Fsp3) is 0.333. The van der Waals surface area contributed by atoms with Gasteiger partial charge in [0, 0.05) is 25.4 Å². The summed E-state index contributed by atoms with van der Waals surface area (Å²) in [4.78, 5) is 13.9. The van der Waals surface area contributed by atoms with Crippen molar-refractivity contribution in [3.63, 3.8) is 0 Å². The van der Waals surface area contributed by atoms with E-state index in [4.69, 9.17) is 0 Å². The first-order valence-corrected chi connectivity index (χ1v) is 3.74. The second-order valence-electron chi connectivity index (χ2n) is 1.85. The van der Waals surface area contributed by atoms with E-state index in [2.05, 4.69) is 20.9 Å². The second-order valence-corrected chi connectivity index (χ2v) is 2.55. The summed E-state index contributed by atoms with van der Waals surface area (Å²) in [5.41, 5.74) is 0. The Morgan fingerprint density at radius 1 is 1.80 bits per heavy atom. The molecule has 4 heteroatoms. The van der Waals surface area contributed by atoms with Crippen LogP contribution in [-0.4, -0.2) is 15.8 Å². The minimum atomic E-state index is 0.537. The van der Waals surface area contributed by atoms with Crippen molar-refractivity contribution in [1.29, 1.82) is 0 Å². The van der Waals surface area contributed by atoms with Gasteiger partial charge in [0.25, 0.3) is 0 Å². The summed E-state index contributed by atoms with van der Waals surface area (Å²) in [5.74, 6) is 0. The first kappa shape index (κ1) is 7.47. The molecule has 0 atom stereocenters. The van der Waals surface area contributed by atoms with E-state index in [-0.39, 0.29) is 0 Å². The van der Waals surface area contributed by atoms with E-state index in [0.717, 1.165) is 11.0 Å². The molecule has 0 spiro atoms. The van der Waals surface area contributed by atoms with Crippen LogP contribution < -0.4 is 0 Å². The van der Waals surface area contributed by atoms with Crippen LogP contribution in [0.15, 0.2) is 17.1 Å². The van der Waals surface area contributed by atoms with Gasteiger partial charge < -0.3 is 9.36 Å². The topological polar surface area (TPSA) is 34.9 Å². The monoisotopic (exact) mass is 202 g/mol. The highest BCUT2D eigenvalue weighted by Gasteiger charge is 1.95. The minimum absolute atomic E-state index is 0.537. The van der Waals surface area contributed by atoms with Crippen molar-refractivity contribution in [2.75, 3.05) is 0 Å². The molecule has 1 aromatic heterocycles. The Morgan fingerprint density at radius 2 is 2.60 bits per heavy atom. The smallest absolute Gasteiger partial charge is 0.177 e. The van der Waals surface area contributed by atoms with Gasteiger partial charge in [0.05, 0.1) is 0 Å². The van der Waals surface area contributed by atoms with Gasteiger partial charge in [-0.3, -0.25) is 0 Å². The molecule has 10 heavy (non-hydrogen) atoms. The molecule has 0 aromatic carbocycles. The summed E-state index contributed by atoms with van der Waals surface area (Å²) < 4.78 is 2.64. The standard InChI is InChI=1S/C6H7BrN2O/c7-6-8-2-4-9(6)3-1-5-10/h2,4-5H,1,3H2. The molecule has 0 aliphatic heterocycles. The second kappa shape index (κ2) is 3.51. The molecule has 0 aliphatic carbocycles. The third-order valence-corrected chi connectivity index (χ3v) is 1.81. The van der Waals surface area contributed by atoms with E-state index in [1.807, 2.05) is 10.8 Å². The molecule has 0 aliphatic rings. The maximum absolute atomic E-state index is 9.96. The van der Waals surface area contributed by atoms with Crippen molar-refractivity contribution < 1.29 is 4.79 Å². The summed E-state index contributed by atoms with van der Waals surface area (Å²) in [6.07, 6.45) is 4.95. The van der Waals surface area contributed by atoms with Crippen LogP contribution in [0.3, 0.4) is 0 Å². The summed E-state index contributed by atoms with van der Waals surface area (Å²) >= 11 is 3.23. The predicted octanol–water partition coefficient (Wildman–Crippen LogP) is 1.23. The van der Waals surface area contributed by atoms with E-state index in [0.29, 0.717) is 13.0 Å². The van der Waals surface area contributed by atoms with Gasteiger partial charge in [0.15, 0.2) is 4.73 Å². The molecule has 0 radical (unpaired) electrons. The van der Waals surface area contributed by atoms with E-state index in [9.17, 15) is 4.79 Å². The van der Waals surface area contributed by atoms with E-state index >= 15 is 0 Å². The van der Waals surface area contributed by atoms with Gasteiger partial charge in [0.1, 0.15) is 6.29 Å². The number of nitrogens with zero attached hydrogens (tertiary/aromatic N) is 2. The van der Waals surface area contributed by atoms with Crippen LogP contribution in [0.25, 0.3) is 0 Å². The Kier molecular flexibility index (Phi) is 2.62. The number of imidazole rings is 1. The van der Waals surface area contributed by atoms with Crippen LogP contribution in [0.2, 0.25) is 0 Å². The molecule has 54 valence electrons. The van der Waals surface area contributed by atoms with E-state index < -0.39 is 0 Å². The Hall–Kier alpha value is -0.640. The Labute approximate surface area is 67.2 Å². The van der Waals surface area contributed by atoms with Crippen molar-refractivity contribution in [3.05, 3.63) is 17.1 Å². The van der Waals surface area contributed by atoms with Gasteiger partial charge in [0.2, 0.25) is 0 Å². The highest BCUT2D eigenvalue weighted by atomic mass is 79.9. The first-order valence-electron chi connectivity index (χ1n) is 2.95. The molecule has 0 fully saturated rings. The number of hydrogen-bond donors (Lipinski definition) is 0. The molecule has 0 N–H and O–H groups in total. The Balaban J connectivity index is 2.56. The highest BCUT2D eigenvalue weighted by Crippen LogP contribution is 2.05. The fourth-order valence-corrected chi connectivity index (χ4v) is 1.08. The van der Waals surface area contributed by atoms with Crippen molar-refractivity contribution in [1.82, 2.24) is 9.55 Å². The molecule has 0 bridgehead atoms. The van der Waals surface area contributed by atoms with Crippen molar-refractivity contribution >= 4 is 22.2 Å². The number of carbonyl (C=O) groups is 1. The predicted molar refractivity (Wildman–Crippen MR) is 40.6 cm³/mol. The van der Waals surface area contributed by atoms with Crippen LogP contribution in [0, 0.1) is 0 Å². The maximum Gasteiger partial charge on any atom is 0.177 e. The molecule has 3 nitrogen and oxygen atoms in total. The SMILES string of the molecule is O=CCCn1ccnc1Br. The Morgan fingerprint density at radius 3 is 3.10 bits per heavy atom. The largest absolute Gasteiger partial charge is 0.325 e. The van der Waals surface area contributed by atoms with E-state index in [1.165, 1.54) is 0 Å². The number of hydrogen-bond acceptors (Lipinski definition) is 2. The summed E-state index contributed by atoms with van der Waals surface area (Å²) in [5, 5.41) is 0. The van der Waals surface area contributed by atoms with Gasteiger partial charge in [-0.25, -0.2) is 4.98 Å². The van der Waals surface area contributed by atoms with Crippen LogP contribution in [0.1, 0.15) is 6.42 Å². The van der Waals surface area contributed by atoms with Crippen molar-refractivity contribution in [2.24, 2.45) is 0 Å². The van der Waals surface area contributed by atoms with Gasteiger partial charge in [-0.05, 0) is 15.9 Å². The van der Waals surface area contributed by atoms with Gasteiger partial charge in [-0.2, -0.15) is 0 Å². The van der Waals surface area contributed by atoms with Crippen LogP contribution in [0.4, 0.5) is 0 Å².